The summed E-state index contributed by atoms with van der Waals surface area (Å²) in [6.07, 6.45) is 0. The van der Waals surface area contributed by atoms with E-state index in [2.05, 4.69) is 4.99 Å². The van der Waals surface area contributed by atoms with Crippen LogP contribution >= 0.6 is 11.3 Å². The Hall–Kier alpha value is -2.78. The van der Waals surface area contributed by atoms with Gasteiger partial charge in [0.1, 0.15) is 6.54 Å². The van der Waals surface area contributed by atoms with Gasteiger partial charge >= 0.3 is 5.97 Å². The first-order valence-corrected chi connectivity index (χ1v) is 12.3. The van der Waals surface area contributed by atoms with E-state index in [1.54, 1.807) is 23.6 Å². The normalized spacial score (nSPS) is 12.3. The van der Waals surface area contributed by atoms with Crippen molar-refractivity contribution < 1.29 is 22.7 Å². The third-order valence-electron chi connectivity index (χ3n) is 4.92. The molecule has 0 radical (unpaired) electrons. The van der Waals surface area contributed by atoms with E-state index in [0.717, 1.165) is 21.3 Å². The second kappa shape index (κ2) is 9.15. The Labute approximate surface area is 184 Å². The summed E-state index contributed by atoms with van der Waals surface area (Å²) in [4.78, 5) is 29.7. The maximum Gasteiger partial charge on any atom is 0.326 e. The maximum atomic E-state index is 13.0. The fourth-order valence-electron chi connectivity index (χ4n) is 3.11. The number of benzene rings is 2. The zero-order chi connectivity index (χ0) is 22.8. The molecule has 9 heteroatoms. The van der Waals surface area contributed by atoms with E-state index in [1.807, 2.05) is 26.0 Å². The molecule has 31 heavy (non-hydrogen) atoms. The summed E-state index contributed by atoms with van der Waals surface area (Å²) in [6.45, 7) is 7.34. The number of sulfone groups is 1. The molecule has 0 N–H and O–H groups in total. The minimum Gasteiger partial charge on any atom is -0.465 e. The summed E-state index contributed by atoms with van der Waals surface area (Å²) in [6, 6.07) is 9.96. The molecule has 0 bridgehead atoms. The van der Waals surface area contributed by atoms with E-state index >= 15 is 0 Å². The molecular weight excluding hydrogens is 436 g/mol. The molecule has 2 aromatic carbocycles. The third-order valence-corrected chi connectivity index (χ3v) is 7.75. The molecule has 3 rings (SSSR count). The van der Waals surface area contributed by atoms with Crippen LogP contribution < -0.4 is 4.80 Å². The van der Waals surface area contributed by atoms with Crippen molar-refractivity contribution in [2.24, 2.45) is 4.99 Å². The average Bonchev–Trinajstić information content (AvgIpc) is 3.04. The summed E-state index contributed by atoms with van der Waals surface area (Å²) in [5.74, 6) is -1.24. The largest absolute Gasteiger partial charge is 0.465 e. The highest BCUT2D eigenvalue weighted by Gasteiger charge is 2.21. The molecule has 3 aromatic rings. The van der Waals surface area contributed by atoms with Crippen LogP contribution in [0.1, 0.15) is 35.3 Å². The molecule has 0 saturated heterocycles. The summed E-state index contributed by atoms with van der Waals surface area (Å²) < 4.78 is 32.4. The smallest absolute Gasteiger partial charge is 0.326 e. The lowest BCUT2D eigenvalue weighted by atomic mass is 10.1. The number of esters is 1. The lowest BCUT2D eigenvalue weighted by Crippen LogP contribution is -2.23. The molecule has 164 valence electrons. The molecule has 0 spiro atoms. The second-order valence-corrected chi connectivity index (χ2v) is 10.3. The van der Waals surface area contributed by atoms with Crippen LogP contribution in [0.2, 0.25) is 0 Å². The van der Waals surface area contributed by atoms with Crippen molar-refractivity contribution in [1.82, 2.24) is 4.57 Å². The first-order valence-electron chi connectivity index (χ1n) is 9.85. The first kappa shape index (κ1) is 22.9. The number of fused-ring (bicyclic) bond motifs is 1. The quantitative estimate of drug-likeness (QED) is 0.526. The predicted molar refractivity (Wildman–Crippen MR) is 120 cm³/mol. The minimum absolute atomic E-state index is 0.0110. The Morgan fingerprint density at radius 3 is 2.45 bits per heavy atom. The van der Waals surface area contributed by atoms with Crippen LogP contribution in [-0.2, 0) is 25.9 Å². The summed E-state index contributed by atoms with van der Waals surface area (Å²) in [5.41, 5.74) is 2.90. The molecule has 7 nitrogen and oxygen atoms in total. The van der Waals surface area contributed by atoms with E-state index in [1.165, 1.54) is 30.4 Å². The van der Waals surface area contributed by atoms with Crippen molar-refractivity contribution in [3.63, 3.8) is 0 Å². The van der Waals surface area contributed by atoms with Crippen LogP contribution in [0.3, 0.4) is 0 Å². The molecule has 1 heterocycles. The van der Waals surface area contributed by atoms with Crippen LogP contribution in [0, 0.1) is 13.8 Å². The van der Waals surface area contributed by atoms with Gasteiger partial charge in [-0.25, -0.2) is 8.42 Å². The standard InChI is InChI=1S/C22H24N2O5S2/c1-5-29-20(25)13-24-17-11-14(3)15(4)12-18(17)30-22(24)23-21(26)16-9-7-8-10-19(16)31(27,28)6-2/h7-12H,5-6,13H2,1-4H3. The van der Waals surface area contributed by atoms with Crippen LogP contribution in [0.5, 0.6) is 0 Å². The number of ether oxygens (including phenoxy) is 1. The molecule has 0 aliphatic carbocycles. The number of rotatable bonds is 6. The Balaban J connectivity index is 2.21. The van der Waals surface area contributed by atoms with Gasteiger partial charge < -0.3 is 9.30 Å². The van der Waals surface area contributed by atoms with Crippen LogP contribution in [0.25, 0.3) is 10.2 Å². The van der Waals surface area contributed by atoms with Crippen LogP contribution in [0.15, 0.2) is 46.3 Å². The number of aryl methyl sites for hydroxylation is 2. The Kier molecular flexibility index (Phi) is 6.76. The van der Waals surface area contributed by atoms with Crippen molar-refractivity contribution in [3.8, 4) is 0 Å². The number of carbonyl (C=O) groups is 2. The zero-order valence-corrected chi connectivity index (χ0v) is 19.5. The second-order valence-electron chi connectivity index (χ2n) is 7.00. The Morgan fingerprint density at radius 1 is 1.10 bits per heavy atom. The zero-order valence-electron chi connectivity index (χ0n) is 17.8. The van der Waals surface area contributed by atoms with E-state index in [9.17, 15) is 18.0 Å². The average molecular weight is 461 g/mol. The molecular formula is C22H24N2O5S2. The van der Waals surface area contributed by atoms with E-state index in [4.69, 9.17) is 4.74 Å². The molecule has 0 aliphatic heterocycles. The number of carbonyl (C=O) groups excluding carboxylic acids is 2. The van der Waals surface area contributed by atoms with Gasteiger partial charge in [-0.15, -0.1) is 0 Å². The van der Waals surface area contributed by atoms with E-state index in [-0.39, 0.29) is 29.4 Å². The fourth-order valence-corrected chi connectivity index (χ4v) is 5.31. The number of amides is 1. The van der Waals surface area contributed by atoms with Gasteiger partial charge in [-0.2, -0.15) is 4.99 Å². The van der Waals surface area contributed by atoms with Crippen molar-refractivity contribution in [1.29, 1.82) is 0 Å². The van der Waals surface area contributed by atoms with Gasteiger partial charge in [0.2, 0.25) is 0 Å². The van der Waals surface area contributed by atoms with E-state index < -0.39 is 21.7 Å². The SMILES string of the molecule is CCOC(=O)Cn1c(=NC(=O)c2ccccc2S(=O)(=O)CC)sc2cc(C)c(C)cc21. The lowest BCUT2D eigenvalue weighted by molar-refractivity contribution is -0.143. The highest BCUT2D eigenvalue weighted by atomic mass is 32.2. The number of hydrogen-bond acceptors (Lipinski definition) is 6. The molecule has 0 saturated carbocycles. The van der Waals surface area contributed by atoms with Gasteiger partial charge in [-0.05, 0) is 56.2 Å². The minimum atomic E-state index is -3.60. The maximum absolute atomic E-state index is 13.0. The molecule has 1 aromatic heterocycles. The molecule has 0 atom stereocenters. The first-order chi connectivity index (χ1) is 14.7. The number of aromatic nitrogens is 1. The molecule has 0 aliphatic rings. The van der Waals surface area contributed by atoms with Gasteiger partial charge in [-0.3, -0.25) is 9.59 Å². The summed E-state index contributed by atoms with van der Waals surface area (Å²) in [7, 11) is -3.60. The Morgan fingerprint density at radius 2 is 1.77 bits per heavy atom. The van der Waals surface area contributed by atoms with Crippen LogP contribution in [-0.4, -0.2) is 37.2 Å². The van der Waals surface area contributed by atoms with Gasteiger partial charge in [0.05, 0.1) is 33.0 Å². The number of thiazole rings is 1. The number of nitrogens with zero attached hydrogens (tertiary/aromatic N) is 2. The molecule has 0 unspecified atom stereocenters. The lowest BCUT2D eigenvalue weighted by Gasteiger charge is -2.07. The van der Waals surface area contributed by atoms with Crippen molar-refractivity contribution >= 4 is 43.3 Å². The molecule has 0 fully saturated rings. The predicted octanol–water partition coefficient (Wildman–Crippen LogP) is 3.42. The van der Waals surface area contributed by atoms with Gasteiger partial charge in [-0.1, -0.05) is 30.4 Å². The monoisotopic (exact) mass is 460 g/mol. The Bertz CT molecular complexity index is 1330. The summed E-state index contributed by atoms with van der Waals surface area (Å²) in [5, 5.41) is 0. The van der Waals surface area contributed by atoms with Gasteiger partial charge in [0.25, 0.3) is 5.91 Å². The molecule has 1 amide bonds. The van der Waals surface area contributed by atoms with Crippen molar-refractivity contribution in [2.45, 2.75) is 39.1 Å². The number of hydrogen-bond donors (Lipinski definition) is 0. The third kappa shape index (κ3) is 4.77. The highest BCUT2D eigenvalue weighted by Crippen LogP contribution is 2.23. The fraction of sp³-hybridized carbons (Fsp3) is 0.318. The summed E-state index contributed by atoms with van der Waals surface area (Å²) >= 11 is 1.27. The van der Waals surface area contributed by atoms with Crippen LogP contribution in [0.4, 0.5) is 0 Å². The van der Waals surface area contributed by atoms with Gasteiger partial charge in [0.15, 0.2) is 14.6 Å². The van der Waals surface area contributed by atoms with Gasteiger partial charge in [0, 0.05) is 0 Å². The van der Waals surface area contributed by atoms with Crippen molar-refractivity contribution in [2.75, 3.05) is 12.4 Å². The van der Waals surface area contributed by atoms with E-state index in [0.29, 0.717) is 4.80 Å². The van der Waals surface area contributed by atoms with Crippen molar-refractivity contribution in [3.05, 3.63) is 57.9 Å². The highest BCUT2D eigenvalue weighted by molar-refractivity contribution is 7.91. The topological polar surface area (TPSA) is 94.8 Å².